The molecule has 0 bridgehead atoms. The van der Waals surface area contributed by atoms with Gasteiger partial charge in [-0.05, 0) is 25.1 Å². The van der Waals surface area contributed by atoms with E-state index in [0.717, 1.165) is 17.8 Å². The fraction of sp³-hybridized carbons (Fsp3) is 0.231. The molecule has 0 spiro atoms. The third-order valence-electron chi connectivity index (χ3n) is 2.46. The molecule has 0 fully saturated rings. The van der Waals surface area contributed by atoms with Crippen LogP contribution in [-0.2, 0) is 6.54 Å². The Kier molecular flexibility index (Phi) is 4.39. The van der Waals surface area contributed by atoms with Gasteiger partial charge < -0.3 is 10.1 Å². The van der Waals surface area contributed by atoms with Crippen molar-refractivity contribution in [1.29, 1.82) is 0 Å². The van der Waals surface area contributed by atoms with Gasteiger partial charge in [0, 0.05) is 18.0 Å². The van der Waals surface area contributed by atoms with Crippen molar-refractivity contribution in [2.75, 3.05) is 5.32 Å². The summed E-state index contributed by atoms with van der Waals surface area (Å²) >= 11 is 0. The van der Waals surface area contributed by atoms with E-state index in [9.17, 15) is 13.2 Å². The van der Waals surface area contributed by atoms with Crippen LogP contribution in [0.15, 0.2) is 30.5 Å². The Bertz CT molecular complexity index is 593. The first-order valence-electron chi connectivity index (χ1n) is 5.81. The van der Waals surface area contributed by atoms with E-state index in [4.69, 9.17) is 0 Å². The van der Waals surface area contributed by atoms with Crippen LogP contribution in [-0.4, -0.2) is 16.6 Å². The summed E-state index contributed by atoms with van der Waals surface area (Å²) in [6.45, 7) is -0.912. The summed E-state index contributed by atoms with van der Waals surface area (Å²) in [6, 6.07) is 5.42. The highest BCUT2D eigenvalue weighted by atomic mass is 19.3. The number of hydrogen-bond donors (Lipinski definition) is 1. The van der Waals surface area contributed by atoms with Gasteiger partial charge in [-0.15, -0.1) is 0 Å². The molecule has 106 valence electrons. The molecule has 0 unspecified atom stereocenters. The van der Waals surface area contributed by atoms with E-state index < -0.39 is 18.2 Å². The van der Waals surface area contributed by atoms with Crippen molar-refractivity contribution in [1.82, 2.24) is 9.97 Å². The number of ether oxygens (including phenoxy) is 1. The Balaban J connectivity index is 2.02. The summed E-state index contributed by atoms with van der Waals surface area (Å²) in [5, 5.41) is 2.94. The van der Waals surface area contributed by atoms with E-state index in [-0.39, 0.29) is 0 Å². The van der Waals surface area contributed by atoms with Crippen LogP contribution in [0.1, 0.15) is 11.5 Å². The van der Waals surface area contributed by atoms with E-state index in [1.807, 2.05) is 0 Å². The predicted molar refractivity (Wildman–Crippen MR) is 67.1 cm³/mol. The minimum atomic E-state index is -3.05. The second-order valence-electron chi connectivity index (χ2n) is 3.97. The van der Waals surface area contributed by atoms with Gasteiger partial charge in [-0.25, -0.2) is 14.4 Å². The quantitative estimate of drug-likeness (QED) is 0.915. The number of benzene rings is 1. The summed E-state index contributed by atoms with van der Waals surface area (Å²) < 4.78 is 41.5. The van der Waals surface area contributed by atoms with Gasteiger partial charge in [0.25, 0.3) is 0 Å². The van der Waals surface area contributed by atoms with Crippen molar-refractivity contribution in [2.24, 2.45) is 0 Å². The standard InChI is InChI=1S/C13H12F3N3O/c1-8-17-5-4-10(19-8)7-18-9-2-3-12(11(14)6-9)20-13(15)16/h2-6,13,18H,7H2,1H3. The van der Waals surface area contributed by atoms with E-state index in [1.54, 1.807) is 19.2 Å². The minimum absolute atomic E-state index is 0.373. The third-order valence-corrected chi connectivity index (χ3v) is 2.46. The molecule has 7 heteroatoms. The molecule has 1 aromatic heterocycles. The van der Waals surface area contributed by atoms with E-state index >= 15 is 0 Å². The maximum atomic E-state index is 13.5. The van der Waals surface area contributed by atoms with Crippen molar-refractivity contribution in [3.8, 4) is 5.75 Å². The monoisotopic (exact) mass is 283 g/mol. The molecular formula is C13H12F3N3O. The van der Waals surface area contributed by atoms with Gasteiger partial charge in [-0.3, -0.25) is 0 Å². The molecule has 4 nitrogen and oxygen atoms in total. The number of aryl methyl sites for hydroxylation is 1. The molecule has 0 radical (unpaired) electrons. The first-order valence-corrected chi connectivity index (χ1v) is 5.81. The Labute approximate surface area is 113 Å². The van der Waals surface area contributed by atoms with Crippen LogP contribution in [0.4, 0.5) is 18.9 Å². The lowest BCUT2D eigenvalue weighted by Crippen LogP contribution is -2.06. The lowest BCUT2D eigenvalue weighted by atomic mass is 10.2. The summed E-state index contributed by atoms with van der Waals surface area (Å²) in [7, 11) is 0. The highest BCUT2D eigenvalue weighted by Gasteiger charge is 2.10. The van der Waals surface area contributed by atoms with Crippen molar-refractivity contribution < 1.29 is 17.9 Å². The molecule has 0 aliphatic rings. The lowest BCUT2D eigenvalue weighted by Gasteiger charge is -2.09. The number of nitrogens with one attached hydrogen (secondary N) is 1. The molecule has 1 aromatic carbocycles. The van der Waals surface area contributed by atoms with Crippen LogP contribution in [0.25, 0.3) is 0 Å². The van der Waals surface area contributed by atoms with Crippen molar-refractivity contribution in [3.63, 3.8) is 0 Å². The van der Waals surface area contributed by atoms with Crippen LogP contribution < -0.4 is 10.1 Å². The molecule has 0 saturated heterocycles. The van der Waals surface area contributed by atoms with Gasteiger partial charge in [0.15, 0.2) is 11.6 Å². The number of aromatic nitrogens is 2. The highest BCUT2D eigenvalue weighted by Crippen LogP contribution is 2.23. The predicted octanol–water partition coefficient (Wildman–Crippen LogP) is 3.14. The second kappa shape index (κ2) is 6.23. The molecule has 1 heterocycles. The van der Waals surface area contributed by atoms with Crippen LogP contribution in [0.3, 0.4) is 0 Å². The number of nitrogens with zero attached hydrogens (tertiary/aromatic N) is 2. The largest absolute Gasteiger partial charge is 0.432 e. The molecule has 0 aliphatic carbocycles. The molecule has 0 aliphatic heterocycles. The fourth-order valence-corrected chi connectivity index (χ4v) is 1.60. The van der Waals surface area contributed by atoms with Gasteiger partial charge >= 0.3 is 6.61 Å². The molecule has 1 N–H and O–H groups in total. The maximum Gasteiger partial charge on any atom is 0.387 e. The van der Waals surface area contributed by atoms with Crippen molar-refractivity contribution in [3.05, 3.63) is 47.8 Å². The zero-order valence-corrected chi connectivity index (χ0v) is 10.6. The SMILES string of the molecule is Cc1nccc(CNc2ccc(OC(F)F)c(F)c2)n1. The highest BCUT2D eigenvalue weighted by molar-refractivity contribution is 5.47. The smallest absolute Gasteiger partial charge is 0.387 e. The summed E-state index contributed by atoms with van der Waals surface area (Å²) in [5.41, 5.74) is 1.19. The molecule has 2 aromatic rings. The van der Waals surface area contributed by atoms with Crippen LogP contribution in [0, 0.1) is 12.7 Å². The van der Waals surface area contributed by atoms with Crippen molar-refractivity contribution >= 4 is 5.69 Å². The zero-order valence-electron chi connectivity index (χ0n) is 10.6. The molecule has 2 rings (SSSR count). The van der Waals surface area contributed by atoms with Crippen LogP contribution >= 0.6 is 0 Å². The topological polar surface area (TPSA) is 47.0 Å². The zero-order chi connectivity index (χ0) is 14.5. The number of halogens is 3. The minimum Gasteiger partial charge on any atom is -0.432 e. The van der Waals surface area contributed by atoms with Gasteiger partial charge in [0.1, 0.15) is 5.82 Å². The summed E-state index contributed by atoms with van der Waals surface area (Å²) in [4.78, 5) is 8.14. The molecular weight excluding hydrogens is 271 g/mol. The van der Waals surface area contributed by atoms with E-state index in [2.05, 4.69) is 20.0 Å². The number of rotatable bonds is 5. The second-order valence-corrected chi connectivity index (χ2v) is 3.97. The van der Waals surface area contributed by atoms with Crippen LogP contribution in [0.2, 0.25) is 0 Å². The summed E-state index contributed by atoms with van der Waals surface area (Å²) in [6.07, 6.45) is 1.62. The van der Waals surface area contributed by atoms with Gasteiger partial charge in [-0.1, -0.05) is 0 Å². The maximum absolute atomic E-state index is 13.5. The Morgan fingerprint density at radius 1 is 1.30 bits per heavy atom. The Morgan fingerprint density at radius 2 is 2.10 bits per heavy atom. The van der Waals surface area contributed by atoms with E-state index in [0.29, 0.717) is 18.1 Å². The molecule has 0 amide bonds. The normalized spacial score (nSPS) is 10.7. The van der Waals surface area contributed by atoms with Gasteiger partial charge in [0.2, 0.25) is 0 Å². The van der Waals surface area contributed by atoms with Gasteiger partial charge in [0.05, 0.1) is 12.2 Å². The van der Waals surface area contributed by atoms with E-state index in [1.165, 1.54) is 6.07 Å². The molecule has 0 atom stereocenters. The van der Waals surface area contributed by atoms with Crippen LogP contribution in [0.5, 0.6) is 5.75 Å². The lowest BCUT2D eigenvalue weighted by molar-refractivity contribution is -0.0521. The Morgan fingerprint density at radius 3 is 2.75 bits per heavy atom. The fourth-order valence-electron chi connectivity index (χ4n) is 1.60. The number of hydrogen-bond acceptors (Lipinski definition) is 4. The molecule has 0 saturated carbocycles. The first kappa shape index (κ1) is 14.1. The average molecular weight is 283 g/mol. The third kappa shape index (κ3) is 3.84. The molecule has 20 heavy (non-hydrogen) atoms. The van der Waals surface area contributed by atoms with Gasteiger partial charge in [-0.2, -0.15) is 8.78 Å². The average Bonchev–Trinajstić information content (AvgIpc) is 2.39. The Hall–Kier alpha value is -2.31. The number of alkyl halides is 2. The first-order chi connectivity index (χ1) is 9.54. The number of anilines is 1. The summed E-state index contributed by atoms with van der Waals surface area (Å²) in [5.74, 6) is -0.700. The van der Waals surface area contributed by atoms with Crippen molar-refractivity contribution in [2.45, 2.75) is 20.1 Å².